The maximum atomic E-state index is 12.9. The van der Waals surface area contributed by atoms with Crippen LogP contribution in [0.25, 0.3) is 0 Å². The first-order valence-corrected chi connectivity index (χ1v) is 7.16. The summed E-state index contributed by atoms with van der Waals surface area (Å²) in [5.74, 6) is -0.289. The molecule has 0 amide bonds. The Morgan fingerprint density at radius 2 is 1.95 bits per heavy atom. The second-order valence-corrected chi connectivity index (χ2v) is 5.25. The van der Waals surface area contributed by atoms with Crippen LogP contribution in [-0.2, 0) is 9.53 Å². The van der Waals surface area contributed by atoms with Crippen LogP contribution in [0.4, 0.5) is 4.39 Å². The van der Waals surface area contributed by atoms with Crippen molar-refractivity contribution in [2.24, 2.45) is 5.92 Å². The molecule has 2 nitrogen and oxygen atoms in total. The molecule has 1 aromatic rings. The van der Waals surface area contributed by atoms with Crippen molar-refractivity contribution in [3.63, 3.8) is 0 Å². The van der Waals surface area contributed by atoms with Crippen molar-refractivity contribution in [2.75, 3.05) is 0 Å². The molecule has 0 N–H and O–H groups in total. The summed E-state index contributed by atoms with van der Waals surface area (Å²) in [5.41, 5.74) is 0.891. The first-order chi connectivity index (χ1) is 9.20. The fraction of sp³-hybridized carbons (Fsp3) is 0.562. The molecule has 0 spiro atoms. The van der Waals surface area contributed by atoms with Gasteiger partial charge < -0.3 is 4.74 Å². The number of unbranched alkanes of at least 4 members (excludes halogenated alkanes) is 2. The summed E-state index contributed by atoms with van der Waals surface area (Å²) in [4.78, 5) is 11.9. The van der Waals surface area contributed by atoms with Gasteiger partial charge in [-0.1, -0.05) is 38.3 Å². The van der Waals surface area contributed by atoms with Crippen LogP contribution in [0, 0.1) is 11.7 Å². The number of halogens is 1. The van der Waals surface area contributed by atoms with Crippen molar-refractivity contribution in [1.29, 1.82) is 0 Å². The highest BCUT2D eigenvalue weighted by Crippen LogP contribution is 2.33. The van der Waals surface area contributed by atoms with Gasteiger partial charge in [0.1, 0.15) is 11.9 Å². The van der Waals surface area contributed by atoms with Gasteiger partial charge in [-0.25, -0.2) is 4.39 Å². The van der Waals surface area contributed by atoms with Crippen molar-refractivity contribution >= 4 is 5.97 Å². The molecule has 104 valence electrons. The van der Waals surface area contributed by atoms with Crippen LogP contribution in [0.15, 0.2) is 24.3 Å². The minimum Gasteiger partial charge on any atom is -0.457 e. The smallest absolute Gasteiger partial charge is 0.309 e. The van der Waals surface area contributed by atoms with Crippen molar-refractivity contribution in [3.8, 4) is 0 Å². The van der Waals surface area contributed by atoms with Crippen molar-refractivity contribution in [2.45, 2.75) is 51.6 Å². The number of carbonyl (C=O) groups excluding carboxylic acids is 1. The summed E-state index contributed by atoms with van der Waals surface area (Å²) in [7, 11) is 0. The van der Waals surface area contributed by atoms with Crippen LogP contribution < -0.4 is 0 Å². The highest BCUT2D eigenvalue weighted by molar-refractivity contribution is 5.73. The molecule has 1 saturated heterocycles. The molecule has 0 saturated carbocycles. The van der Waals surface area contributed by atoms with Crippen LogP contribution >= 0.6 is 0 Å². The third-order valence-electron chi connectivity index (χ3n) is 3.77. The van der Waals surface area contributed by atoms with E-state index < -0.39 is 0 Å². The molecular weight excluding hydrogens is 243 g/mol. The van der Waals surface area contributed by atoms with Crippen molar-refractivity contribution in [3.05, 3.63) is 35.6 Å². The number of hydrogen-bond donors (Lipinski definition) is 0. The van der Waals surface area contributed by atoms with Gasteiger partial charge >= 0.3 is 5.97 Å². The Bertz CT molecular complexity index is 413. The zero-order valence-electron chi connectivity index (χ0n) is 11.4. The number of cyclic esters (lactones) is 1. The SMILES string of the molecule is CCCCCC1CCC(c2ccc(F)cc2)OC1=O. The van der Waals surface area contributed by atoms with Gasteiger partial charge in [0.25, 0.3) is 0 Å². The maximum absolute atomic E-state index is 12.9. The first kappa shape index (κ1) is 14.0. The van der Waals surface area contributed by atoms with E-state index in [0.717, 1.165) is 31.2 Å². The van der Waals surface area contributed by atoms with E-state index >= 15 is 0 Å². The van der Waals surface area contributed by atoms with E-state index in [9.17, 15) is 9.18 Å². The summed E-state index contributed by atoms with van der Waals surface area (Å²) >= 11 is 0. The number of benzene rings is 1. The average molecular weight is 264 g/mol. The third kappa shape index (κ3) is 3.79. The van der Waals surface area contributed by atoms with Gasteiger partial charge in [0.05, 0.1) is 5.92 Å². The van der Waals surface area contributed by atoms with Crippen LogP contribution in [0.5, 0.6) is 0 Å². The highest BCUT2D eigenvalue weighted by Gasteiger charge is 2.30. The zero-order chi connectivity index (χ0) is 13.7. The van der Waals surface area contributed by atoms with Gasteiger partial charge in [-0.05, 0) is 37.0 Å². The molecule has 1 aromatic carbocycles. The van der Waals surface area contributed by atoms with Gasteiger partial charge in [0, 0.05) is 0 Å². The molecule has 0 radical (unpaired) electrons. The average Bonchev–Trinajstić information content (AvgIpc) is 2.42. The second-order valence-electron chi connectivity index (χ2n) is 5.25. The van der Waals surface area contributed by atoms with Gasteiger partial charge in [-0.3, -0.25) is 4.79 Å². The molecule has 0 aliphatic carbocycles. The molecule has 1 aliphatic rings. The Morgan fingerprint density at radius 3 is 2.58 bits per heavy atom. The van der Waals surface area contributed by atoms with E-state index in [-0.39, 0.29) is 23.8 Å². The summed E-state index contributed by atoms with van der Waals surface area (Å²) in [6.45, 7) is 2.16. The zero-order valence-corrected chi connectivity index (χ0v) is 11.4. The van der Waals surface area contributed by atoms with Gasteiger partial charge in [0.2, 0.25) is 0 Å². The minimum absolute atomic E-state index is 0.0586. The fourth-order valence-electron chi connectivity index (χ4n) is 2.58. The van der Waals surface area contributed by atoms with E-state index in [1.807, 2.05) is 0 Å². The van der Waals surface area contributed by atoms with Crippen LogP contribution in [0.3, 0.4) is 0 Å². The second kappa shape index (κ2) is 6.69. The largest absolute Gasteiger partial charge is 0.457 e. The van der Waals surface area contributed by atoms with Crippen LogP contribution in [-0.4, -0.2) is 5.97 Å². The van der Waals surface area contributed by atoms with Crippen molar-refractivity contribution in [1.82, 2.24) is 0 Å². The van der Waals surface area contributed by atoms with Gasteiger partial charge in [-0.2, -0.15) is 0 Å². The molecule has 19 heavy (non-hydrogen) atoms. The van der Waals surface area contributed by atoms with E-state index in [0.29, 0.717) is 0 Å². The Morgan fingerprint density at radius 1 is 1.21 bits per heavy atom. The predicted molar refractivity (Wildman–Crippen MR) is 72.1 cm³/mol. The lowest BCUT2D eigenvalue weighted by molar-refractivity contribution is -0.161. The molecule has 2 atom stereocenters. The third-order valence-corrected chi connectivity index (χ3v) is 3.77. The summed E-state index contributed by atoms with van der Waals surface area (Å²) in [6.07, 6.45) is 5.89. The Balaban J connectivity index is 1.89. The van der Waals surface area contributed by atoms with E-state index in [1.54, 1.807) is 12.1 Å². The van der Waals surface area contributed by atoms with E-state index in [1.165, 1.54) is 25.0 Å². The van der Waals surface area contributed by atoms with Crippen LogP contribution in [0.1, 0.15) is 57.1 Å². The highest BCUT2D eigenvalue weighted by atomic mass is 19.1. The molecule has 2 unspecified atom stereocenters. The van der Waals surface area contributed by atoms with Crippen molar-refractivity contribution < 1.29 is 13.9 Å². The lowest BCUT2D eigenvalue weighted by Gasteiger charge is -2.28. The number of ether oxygens (including phenoxy) is 1. The monoisotopic (exact) mass is 264 g/mol. The fourth-order valence-corrected chi connectivity index (χ4v) is 2.58. The number of hydrogen-bond acceptors (Lipinski definition) is 2. The van der Waals surface area contributed by atoms with E-state index in [4.69, 9.17) is 4.74 Å². The van der Waals surface area contributed by atoms with Gasteiger partial charge in [-0.15, -0.1) is 0 Å². The Kier molecular flexibility index (Phi) is 4.94. The first-order valence-electron chi connectivity index (χ1n) is 7.16. The molecule has 3 heteroatoms. The quantitative estimate of drug-likeness (QED) is 0.582. The summed E-state index contributed by atoms with van der Waals surface area (Å²) < 4.78 is 18.4. The molecular formula is C16H21FO2. The Hall–Kier alpha value is -1.38. The topological polar surface area (TPSA) is 26.3 Å². The lowest BCUT2D eigenvalue weighted by Crippen LogP contribution is -2.26. The minimum atomic E-state index is -0.261. The normalized spacial score (nSPS) is 23.2. The van der Waals surface area contributed by atoms with Crippen LogP contribution in [0.2, 0.25) is 0 Å². The van der Waals surface area contributed by atoms with Gasteiger partial charge in [0.15, 0.2) is 0 Å². The molecule has 2 rings (SSSR count). The Labute approximate surface area is 114 Å². The number of esters is 1. The lowest BCUT2D eigenvalue weighted by atomic mass is 9.90. The molecule has 1 aliphatic heterocycles. The number of carbonyl (C=O) groups is 1. The molecule has 1 fully saturated rings. The number of rotatable bonds is 5. The standard InChI is InChI=1S/C16H21FO2/c1-2-3-4-5-13-8-11-15(19-16(13)18)12-6-9-14(17)10-7-12/h6-7,9-10,13,15H,2-5,8,11H2,1H3. The summed E-state index contributed by atoms with van der Waals surface area (Å²) in [5, 5.41) is 0. The molecule has 1 heterocycles. The predicted octanol–water partition coefficient (Wildman–Crippen LogP) is 4.40. The van der Waals surface area contributed by atoms with E-state index in [2.05, 4.69) is 6.92 Å². The summed E-state index contributed by atoms with van der Waals surface area (Å²) in [6, 6.07) is 6.22. The maximum Gasteiger partial charge on any atom is 0.309 e. The molecule has 0 bridgehead atoms. The molecule has 0 aromatic heterocycles.